The fourth-order valence-electron chi connectivity index (χ4n) is 2.27. The van der Waals surface area contributed by atoms with Gasteiger partial charge in [0.05, 0.1) is 19.3 Å². The number of aromatic nitrogens is 2. The SMILES string of the molecule is CN(CC1CCOCC1)S(=O)(=O)c1cnn(CCO)c1. The molecule has 7 nitrogen and oxygen atoms in total. The van der Waals surface area contributed by atoms with Gasteiger partial charge in [0.1, 0.15) is 4.90 Å². The van der Waals surface area contributed by atoms with Gasteiger partial charge in [0.2, 0.25) is 10.0 Å². The van der Waals surface area contributed by atoms with Gasteiger partial charge in [-0.25, -0.2) is 12.7 Å². The van der Waals surface area contributed by atoms with Crippen molar-refractivity contribution in [2.75, 3.05) is 33.4 Å². The molecule has 0 bridgehead atoms. The summed E-state index contributed by atoms with van der Waals surface area (Å²) in [4.78, 5) is 0.167. The molecule has 2 heterocycles. The Morgan fingerprint density at radius 3 is 2.85 bits per heavy atom. The molecule has 1 N–H and O–H groups in total. The van der Waals surface area contributed by atoms with E-state index in [-0.39, 0.29) is 11.5 Å². The maximum Gasteiger partial charge on any atom is 0.245 e. The van der Waals surface area contributed by atoms with Crippen LogP contribution in [0.1, 0.15) is 12.8 Å². The van der Waals surface area contributed by atoms with Crippen LogP contribution in [0.25, 0.3) is 0 Å². The van der Waals surface area contributed by atoms with Gasteiger partial charge in [-0.3, -0.25) is 4.68 Å². The summed E-state index contributed by atoms with van der Waals surface area (Å²) in [6, 6.07) is 0. The van der Waals surface area contributed by atoms with Crippen molar-refractivity contribution >= 4 is 10.0 Å². The Bertz CT molecular complexity index is 523. The highest BCUT2D eigenvalue weighted by Gasteiger charge is 2.26. The van der Waals surface area contributed by atoms with Crippen LogP contribution in [-0.2, 0) is 21.3 Å². The fourth-order valence-corrected chi connectivity index (χ4v) is 3.48. The molecule has 1 aromatic heterocycles. The van der Waals surface area contributed by atoms with Crippen molar-refractivity contribution in [2.45, 2.75) is 24.3 Å². The predicted octanol–water partition coefficient (Wildman–Crippen LogP) is -0.0775. The van der Waals surface area contributed by atoms with Crippen LogP contribution in [-0.4, -0.2) is 61.0 Å². The third-order valence-corrected chi connectivity index (χ3v) is 5.28. The van der Waals surface area contributed by atoms with Crippen molar-refractivity contribution < 1.29 is 18.3 Å². The van der Waals surface area contributed by atoms with E-state index in [4.69, 9.17) is 9.84 Å². The van der Waals surface area contributed by atoms with Crippen LogP contribution in [0.2, 0.25) is 0 Å². The largest absolute Gasteiger partial charge is 0.394 e. The zero-order valence-corrected chi connectivity index (χ0v) is 12.4. The maximum absolute atomic E-state index is 12.4. The van der Waals surface area contributed by atoms with Crippen LogP contribution < -0.4 is 0 Å². The third-order valence-electron chi connectivity index (χ3n) is 3.50. The number of nitrogens with zero attached hydrogens (tertiary/aromatic N) is 3. The molecule has 2 rings (SSSR count). The summed E-state index contributed by atoms with van der Waals surface area (Å²) in [5.41, 5.74) is 0. The van der Waals surface area contributed by atoms with Gasteiger partial charge in [-0.1, -0.05) is 0 Å². The normalized spacial score (nSPS) is 17.8. The Morgan fingerprint density at radius 1 is 1.50 bits per heavy atom. The standard InChI is InChI=1S/C12H21N3O4S/c1-14(9-11-2-6-19-7-3-11)20(17,18)12-8-13-15(10-12)4-5-16/h8,10-11,16H,2-7,9H2,1H3. The predicted molar refractivity (Wildman–Crippen MR) is 72.7 cm³/mol. The summed E-state index contributed by atoms with van der Waals surface area (Å²) in [7, 11) is -1.92. The number of aliphatic hydroxyl groups excluding tert-OH is 1. The van der Waals surface area contributed by atoms with E-state index in [2.05, 4.69) is 5.10 Å². The first-order valence-electron chi connectivity index (χ1n) is 6.71. The minimum absolute atomic E-state index is 0.0704. The highest BCUT2D eigenvalue weighted by Crippen LogP contribution is 2.20. The van der Waals surface area contributed by atoms with Crippen molar-refractivity contribution in [1.82, 2.24) is 14.1 Å². The smallest absolute Gasteiger partial charge is 0.245 e. The van der Waals surface area contributed by atoms with E-state index in [0.717, 1.165) is 12.8 Å². The zero-order valence-electron chi connectivity index (χ0n) is 11.6. The second-order valence-corrected chi connectivity index (χ2v) is 7.05. The third kappa shape index (κ3) is 3.57. The molecule has 0 spiro atoms. The van der Waals surface area contributed by atoms with Gasteiger partial charge in [-0.2, -0.15) is 5.10 Å². The monoisotopic (exact) mass is 303 g/mol. The topological polar surface area (TPSA) is 84.7 Å². The first kappa shape index (κ1) is 15.4. The first-order chi connectivity index (χ1) is 9.54. The number of hydrogen-bond acceptors (Lipinski definition) is 5. The van der Waals surface area contributed by atoms with Crippen LogP contribution in [0.3, 0.4) is 0 Å². The van der Waals surface area contributed by atoms with Gasteiger partial charge in [0, 0.05) is 33.0 Å². The van der Waals surface area contributed by atoms with Crippen molar-refractivity contribution in [3.63, 3.8) is 0 Å². The van der Waals surface area contributed by atoms with Crippen LogP contribution in [0.4, 0.5) is 0 Å². The zero-order chi connectivity index (χ0) is 14.6. The summed E-state index contributed by atoms with van der Waals surface area (Å²) >= 11 is 0. The van der Waals surface area contributed by atoms with Crippen molar-refractivity contribution in [2.24, 2.45) is 5.92 Å². The Kier molecular flexibility index (Phi) is 5.14. The molecule has 1 aromatic rings. The number of aliphatic hydroxyl groups is 1. The number of ether oxygens (including phenoxy) is 1. The molecule has 0 aliphatic carbocycles. The highest BCUT2D eigenvalue weighted by molar-refractivity contribution is 7.89. The van der Waals surface area contributed by atoms with Gasteiger partial charge in [-0.05, 0) is 18.8 Å². The Balaban J connectivity index is 2.03. The van der Waals surface area contributed by atoms with Crippen LogP contribution >= 0.6 is 0 Å². The lowest BCUT2D eigenvalue weighted by Crippen LogP contribution is -2.34. The summed E-state index contributed by atoms with van der Waals surface area (Å²) in [5, 5.41) is 12.8. The molecular formula is C12H21N3O4S. The molecule has 0 atom stereocenters. The molecule has 8 heteroatoms. The average Bonchev–Trinajstić information content (AvgIpc) is 2.89. The minimum atomic E-state index is -3.51. The van der Waals surface area contributed by atoms with E-state index < -0.39 is 10.0 Å². The van der Waals surface area contributed by atoms with Crippen LogP contribution in [0, 0.1) is 5.92 Å². The molecule has 1 aliphatic rings. The molecule has 0 aromatic carbocycles. The quantitative estimate of drug-likeness (QED) is 0.795. The van der Waals surface area contributed by atoms with Gasteiger partial charge in [-0.15, -0.1) is 0 Å². The van der Waals surface area contributed by atoms with Gasteiger partial charge in [0.15, 0.2) is 0 Å². The van der Waals surface area contributed by atoms with Crippen molar-refractivity contribution in [1.29, 1.82) is 0 Å². The Hall–Kier alpha value is -0.960. The number of rotatable bonds is 6. The second kappa shape index (κ2) is 6.66. The van der Waals surface area contributed by atoms with E-state index in [1.807, 2.05) is 0 Å². The van der Waals surface area contributed by atoms with Crippen molar-refractivity contribution in [3.8, 4) is 0 Å². The first-order valence-corrected chi connectivity index (χ1v) is 8.15. The molecule has 1 fully saturated rings. The molecule has 0 amide bonds. The molecule has 0 unspecified atom stereocenters. The molecule has 0 radical (unpaired) electrons. The lowest BCUT2D eigenvalue weighted by Gasteiger charge is -2.26. The van der Waals surface area contributed by atoms with E-state index in [0.29, 0.717) is 32.2 Å². The molecule has 1 saturated heterocycles. The highest BCUT2D eigenvalue weighted by atomic mass is 32.2. The van der Waals surface area contributed by atoms with Gasteiger partial charge in [0.25, 0.3) is 0 Å². The number of sulfonamides is 1. The van der Waals surface area contributed by atoms with Crippen molar-refractivity contribution in [3.05, 3.63) is 12.4 Å². The van der Waals surface area contributed by atoms with Crippen LogP contribution in [0.5, 0.6) is 0 Å². The van der Waals surface area contributed by atoms with Gasteiger partial charge < -0.3 is 9.84 Å². The molecule has 20 heavy (non-hydrogen) atoms. The molecular weight excluding hydrogens is 282 g/mol. The Labute approximate surface area is 119 Å². The van der Waals surface area contributed by atoms with E-state index >= 15 is 0 Å². The van der Waals surface area contributed by atoms with Crippen LogP contribution in [0.15, 0.2) is 17.3 Å². The molecule has 1 aliphatic heterocycles. The van der Waals surface area contributed by atoms with E-state index in [1.54, 1.807) is 7.05 Å². The molecule has 0 saturated carbocycles. The average molecular weight is 303 g/mol. The Morgan fingerprint density at radius 2 is 2.20 bits per heavy atom. The number of hydrogen-bond donors (Lipinski definition) is 1. The second-order valence-electron chi connectivity index (χ2n) is 5.00. The van der Waals surface area contributed by atoms with E-state index in [9.17, 15) is 8.42 Å². The van der Waals surface area contributed by atoms with Gasteiger partial charge >= 0.3 is 0 Å². The summed E-state index contributed by atoms with van der Waals surface area (Å²) in [6.07, 6.45) is 4.56. The lowest BCUT2D eigenvalue weighted by molar-refractivity contribution is 0.0620. The van der Waals surface area contributed by atoms with E-state index in [1.165, 1.54) is 21.4 Å². The molecule has 114 valence electrons. The summed E-state index contributed by atoms with van der Waals surface area (Å²) in [6.45, 7) is 2.12. The summed E-state index contributed by atoms with van der Waals surface area (Å²) < 4.78 is 32.9. The summed E-state index contributed by atoms with van der Waals surface area (Å²) in [5.74, 6) is 0.344. The maximum atomic E-state index is 12.4. The fraction of sp³-hybridized carbons (Fsp3) is 0.750. The lowest BCUT2D eigenvalue weighted by atomic mass is 10.0. The minimum Gasteiger partial charge on any atom is -0.394 e.